The van der Waals surface area contributed by atoms with Crippen LogP contribution in [0, 0.1) is 13.8 Å². The molecule has 1 aromatic heterocycles. The minimum Gasteiger partial charge on any atom is -0.497 e. The third-order valence-corrected chi connectivity index (χ3v) is 5.34. The summed E-state index contributed by atoms with van der Waals surface area (Å²) in [5.41, 5.74) is 2.48. The number of hydrogen-bond acceptors (Lipinski definition) is 5. The largest absolute Gasteiger partial charge is 0.497 e. The van der Waals surface area contributed by atoms with Gasteiger partial charge in [0.05, 0.1) is 20.3 Å². The Bertz CT molecular complexity index is 928. The van der Waals surface area contributed by atoms with Crippen LogP contribution in [-0.2, 0) is 11.8 Å². The minimum atomic E-state index is -0.695. The Morgan fingerprint density at radius 2 is 1.69 bits per heavy atom. The first-order chi connectivity index (χ1) is 13.7. The normalized spacial score (nSPS) is 11.7. The predicted octanol–water partition coefficient (Wildman–Crippen LogP) is 3.17. The zero-order chi connectivity index (χ0) is 21.9. The van der Waals surface area contributed by atoms with Crippen molar-refractivity contribution < 1.29 is 23.9 Å². The van der Waals surface area contributed by atoms with Crippen LogP contribution in [0.1, 0.15) is 56.3 Å². The molecule has 0 fully saturated rings. The number of methoxy groups -OCH3 is 2. The summed E-state index contributed by atoms with van der Waals surface area (Å²) in [6, 6.07) is 6.08. The van der Waals surface area contributed by atoms with Gasteiger partial charge in [-0.25, -0.2) is 4.79 Å². The zero-order valence-electron chi connectivity index (χ0n) is 18.0. The molecular formula is C22H28N2O5. The molecule has 156 valence electrons. The van der Waals surface area contributed by atoms with Crippen molar-refractivity contribution in [2.75, 3.05) is 20.8 Å². The van der Waals surface area contributed by atoms with Gasteiger partial charge in [0.1, 0.15) is 11.4 Å². The molecule has 1 heterocycles. The number of ketones is 1. The lowest BCUT2D eigenvalue weighted by Gasteiger charge is -2.27. The van der Waals surface area contributed by atoms with E-state index < -0.39 is 12.0 Å². The fourth-order valence-corrected chi connectivity index (χ4v) is 3.57. The molecule has 0 aliphatic carbocycles. The van der Waals surface area contributed by atoms with Crippen molar-refractivity contribution in [3.63, 3.8) is 0 Å². The quantitative estimate of drug-likeness (QED) is 0.527. The Hall–Kier alpha value is -3.09. The van der Waals surface area contributed by atoms with E-state index in [1.165, 1.54) is 12.0 Å². The minimum absolute atomic E-state index is 0.213. The maximum Gasteiger partial charge on any atom is 0.354 e. The van der Waals surface area contributed by atoms with Gasteiger partial charge in [0.25, 0.3) is 5.91 Å². The summed E-state index contributed by atoms with van der Waals surface area (Å²) in [6.45, 7) is 7.40. The van der Waals surface area contributed by atoms with Crippen molar-refractivity contribution >= 4 is 17.7 Å². The molecule has 0 spiro atoms. The molecule has 0 aliphatic rings. The van der Waals surface area contributed by atoms with E-state index in [1.54, 1.807) is 63.8 Å². The number of ether oxygens (including phenoxy) is 2. The second-order valence-corrected chi connectivity index (χ2v) is 6.84. The number of nitrogens with zero attached hydrogens (tertiary/aromatic N) is 2. The van der Waals surface area contributed by atoms with Gasteiger partial charge < -0.3 is 18.9 Å². The van der Waals surface area contributed by atoms with Crippen molar-refractivity contribution in [2.45, 2.75) is 33.7 Å². The van der Waals surface area contributed by atoms with Gasteiger partial charge in [0, 0.05) is 30.4 Å². The summed E-state index contributed by atoms with van der Waals surface area (Å²) in [4.78, 5) is 40.0. The molecule has 0 radical (unpaired) electrons. The van der Waals surface area contributed by atoms with Crippen LogP contribution in [0.5, 0.6) is 5.75 Å². The number of benzene rings is 1. The van der Waals surface area contributed by atoms with Crippen molar-refractivity contribution in [2.24, 2.45) is 7.05 Å². The van der Waals surface area contributed by atoms with Crippen LogP contribution in [0.4, 0.5) is 0 Å². The Kier molecular flexibility index (Phi) is 6.84. The number of carbonyl (C=O) groups is 3. The smallest absolute Gasteiger partial charge is 0.354 e. The summed E-state index contributed by atoms with van der Waals surface area (Å²) in [7, 11) is 4.58. The number of aromatic nitrogens is 1. The molecule has 1 amide bonds. The standard InChI is InChI=1S/C22H28N2O5/c1-8-24(21(26)16-9-11-17(28-6)12-10-16)15(4)20(25)18-13(2)19(22(27)29-7)23(5)14(18)3/h9-12,15H,8H2,1-7H3. The van der Waals surface area contributed by atoms with Crippen molar-refractivity contribution in [3.8, 4) is 5.75 Å². The molecule has 2 rings (SSSR count). The van der Waals surface area contributed by atoms with Crippen LogP contribution in [0.25, 0.3) is 0 Å². The second-order valence-electron chi connectivity index (χ2n) is 6.84. The third kappa shape index (κ3) is 4.04. The van der Waals surface area contributed by atoms with Crippen LogP contribution in [0.15, 0.2) is 24.3 Å². The molecule has 0 N–H and O–H groups in total. The summed E-state index contributed by atoms with van der Waals surface area (Å²) >= 11 is 0. The van der Waals surface area contributed by atoms with Gasteiger partial charge in [-0.05, 0) is 57.5 Å². The molecular weight excluding hydrogens is 372 g/mol. The van der Waals surface area contributed by atoms with E-state index in [0.717, 1.165) is 0 Å². The van der Waals surface area contributed by atoms with Gasteiger partial charge in [-0.15, -0.1) is 0 Å². The van der Waals surface area contributed by atoms with E-state index in [4.69, 9.17) is 9.47 Å². The highest BCUT2D eigenvalue weighted by Gasteiger charge is 2.32. The molecule has 0 bridgehead atoms. The van der Waals surface area contributed by atoms with Gasteiger partial charge in [-0.1, -0.05) is 0 Å². The van der Waals surface area contributed by atoms with Gasteiger partial charge in [-0.2, -0.15) is 0 Å². The molecule has 7 nitrogen and oxygen atoms in total. The van der Waals surface area contributed by atoms with Crippen LogP contribution >= 0.6 is 0 Å². The van der Waals surface area contributed by atoms with E-state index in [2.05, 4.69) is 0 Å². The number of carbonyl (C=O) groups excluding carboxylic acids is 3. The predicted molar refractivity (Wildman–Crippen MR) is 110 cm³/mol. The Balaban J connectivity index is 2.39. The monoisotopic (exact) mass is 400 g/mol. The van der Waals surface area contributed by atoms with Gasteiger partial charge in [0.15, 0.2) is 5.78 Å². The van der Waals surface area contributed by atoms with Crippen LogP contribution < -0.4 is 4.74 Å². The molecule has 0 aliphatic heterocycles. The number of rotatable bonds is 7. The number of amides is 1. The highest BCUT2D eigenvalue weighted by atomic mass is 16.5. The average molecular weight is 400 g/mol. The first kappa shape index (κ1) is 22.2. The number of likely N-dealkylation sites (N-methyl/N-ethyl adjacent to an activating group) is 1. The van der Waals surface area contributed by atoms with E-state index in [1.807, 2.05) is 6.92 Å². The first-order valence-electron chi connectivity index (χ1n) is 9.42. The number of esters is 1. The van der Waals surface area contributed by atoms with E-state index in [0.29, 0.717) is 40.4 Å². The van der Waals surface area contributed by atoms with Crippen molar-refractivity contribution in [3.05, 3.63) is 52.3 Å². The summed E-state index contributed by atoms with van der Waals surface area (Å²) in [5, 5.41) is 0. The van der Waals surface area contributed by atoms with Crippen molar-refractivity contribution in [1.82, 2.24) is 9.47 Å². The first-order valence-corrected chi connectivity index (χ1v) is 9.42. The third-order valence-electron chi connectivity index (χ3n) is 5.34. The topological polar surface area (TPSA) is 77.8 Å². The molecule has 0 saturated carbocycles. The summed E-state index contributed by atoms with van der Waals surface area (Å²) in [6.07, 6.45) is 0. The average Bonchev–Trinajstić information content (AvgIpc) is 2.95. The maximum atomic E-state index is 13.3. The molecule has 1 unspecified atom stereocenters. The zero-order valence-corrected chi connectivity index (χ0v) is 18.0. The van der Waals surface area contributed by atoms with Gasteiger partial charge in [0.2, 0.25) is 0 Å². The van der Waals surface area contributed by atoms with E-state index in [-0.39, 0.29) is 11.7 Å². The summed E-state index contributed by atoms with van der Waals surface area (Å²) in [5.74, 6) is -0.300. The number of Topliss-reactive ketones (excluding diaryl/α,β-unsaturated/α-hetero) is 1. The van der Waals surface area contributed by atoms with E-state index >= 15 is 0 Å². The molecule has 0 saturated heterocycles. The van der Waals surface area contributed by atoms with Crippen LogP contribution in [0.3, 0.4) is 0 Å². The fraction of sp³-hybridized carbons (Fsp3) is 0.409. The van der Waals surface area contributed by atoms with Gasteiger partial charge >= 0.3 is 5.97 Å². The highest BCUT2D eigenvalue weighted by Crippen LogP contribution is 2.25. The second kappa shape index (κ2) is 8.94. The Morgan fingerprint density at radius 1 is 1.10 bits per heavy atom. The van der Waals surface area contributed by atoms with Gasteiger partial charge in [-0.3, -0.25) is 9.59 Å². The SMILES string of the molecule is CCN(C(=O)c1ccc(OC)cc1)C(C)C(=O)c1c(C)c(C(=O)OC)n(C)c1C. The van der Waals surface area contributed by atoms with E-state index in [9.17, 15) is 14.4 Å². The highest BCUT2D eigenvalue weighted by molar-refractivity contribution is 6.07. The molecule has 1 atom stereocenters. The lowest BCUT2D eigenvalue weighted by atomic mass is 9.99. The lowest BCUT2D eigenvalue weighted by Crippen LogP contribution is -2.43. The molecule has 29 heavy (non-hydrogen) atoms. The molecule has 1 aromatic carbocycles. The molecule has 2 aromatic rings. The van der Waals surface area contributed by atoms with Crippen LogP contribution in [-0.4, -0.2) is 53.9 Å². The Morgan fingerprint density at radius 3 is 2.17 bits per heavy atom. The number of hydrogen-bond donors (Lipinski definition) is 0. The summed E-state index contributed by atoms with van der Waals surface area (Å²) < 4.78 is 11.6. The fourth-order valence-electron chi connectivity index (χ4n) is 3.57. The maximum absolute atomic E-state index is 13.3. The molecule has 7 heteroatoms. The Labute approximate surface area is 171 Å². The lowest BCUT2D eigenvalue weighted by molar-refractivity contribution is 0.0588. The van der Waals surface area contributed by atoms with Crippen LogP contribution in [0.2, 0.25) is 0 Å². The van der Waals surface area contributed by atoms with Crippen molar-refractivity contribution in [1.29, 1.82) is 0 Å².